The molecule has 7 nitrogen and oxygen atoms in total. The van der Waals surface area contributed by atoms with E-state index in [-0.39, 0.29) is 12.6 Å². The predicted octanol–water partition coefficient (Wildman–Crippen LogP) is 2.85. The van der Waals surface area contributed by atoms with Gasteiger partial charge < -0.3 is 14.6 Å². The number of hydrogen-bond donors (Lipinski definition) is 1. The first-order valence-electron chi connectivity index (χ1n) is 9.74. The Kier molecular flexibility index (Phi) is 4.86. The van der Waals surface area contributed by atoms with Crippen molar-refractivity contribution in [1.29, 1.82) is 0 Å². The van der Waals surface area contributed by atoms with Gasteiger partial charge in [0.05, 0.1) is 17.5 Å². The van der Waals surface area contributed by atoms with Gasteiger partial charge >= 0.3 is 0 Å². The highest BCUT2D eigenvalue weighted by Crippen LogP contribution is 2.38. The zero-order valence-electron chi connectivity index (χ0n) is 17.1. The number of sulfone groups is 1. The molecule has 1 aromatic carbocycles. The van der Waals surface area contributed by atoms with Crippen molar-refractivity contribution in [1.82, 2.24) is 14.5 Å². The molecule has 2 aromatic heterocycles. The van der Waals surface area contributed by atoms with Crippen molar-refractivity contribution in [2.45, 2.75) is 44.9 Å². The van der Waals surface area contributed by atoms with Crippen molar-refractivity contribution in [3.63, 3.8) is 0 Å². The van der Waals surface area contributed by atoms with Crippen LogP contribution in [-0.4, -0.2) is 40.9 Å². The van der Waals surface area contributed by atoms with E-state index in [0.29, 0.717) is 16.8 Å². The molecule has 0 spiro atoms. The summed E-state index contributed by atoms with van der Waals surface area (Å²) in [6.45, 7) is 7.59. The summed E-state index contributed by atoms with van der Waals surface area (Å²) in [5, 5.41) is 10.4. The first-order valence-corrected chi connectivity index (χ1v) is 11.6. The van der Waals surface area contributed by atoms with Crippen molar-refractivity contribution < 1.29 is 13.5 Å². The largest absolute Gasteiger partial charge is 0.392 e. The first-order chi connectivity index (χ1) is 13.7. The van der Waals surface area contributed by atoms with E-state index >= 15 is 0 Å². The van der Waals surface area contributed by atoms with Gasteiger partial charge in [0, 0.05) is 53.4 Å². The number of hydrogen-bond acceptors (Lipinski definition) is 6. The smallest absolute Gasteiger partial charge is 0.226 e. The summed E-state index contributed by atoms with van der Waals surface area (Å²) in [6, 6.07) is 7.55. The van der Waals surface area contributed by atoms with E-state index in [1.807, 2.05) is 13.0 Å². The Hall–Kier alpha value is -2.45. The molecule has 0 unspecified atom stereocenters. The van der Waals surface area contributed by atoms with Gasteiger partial charge in [-0.05, 0) is 31.0 Å². The lowest BCUT2D eigenvalue weighted by molar-refractivity contribution is 0.280. The number of aromatic nitrogens is 3. The Morgan fingerprint density at radius 3 is 2.62 bits per heavy atom. The van der Waals surface area contributed by atoms with Crippen LogP contribution in [0.3, 0.4) is 0 Å². The van der Waals surface area contributed by atoms with Crippen LogP contribution in [-0.2, 0) is 23.0 Å². The summed E-state index contributed by atoms with van der Waals surface area (Å²) in [5.41, 5.74) is 3.60. The number of fused-ring (bicyclic) bond motifs is 3. The average Bonchev–Trinajstić information content (AvgIpc) is 3.04. The van der Waals surface area contributed by atoms with Gasteiger partial charge in [-0.1, -0.05) is 19.9 Å². The van der Waals surface area contributed by atoms with Crippen LogP contribution < -0.4 is 4.90 Å². The average molecular weight is 415 g/mol. The third-order valence-electron chi connectivity index (χ3n) is 5.67. The molecule has 0 bridgehead atoms. The lowest BCUT2D eigenvalue weighted by Crippen LogP contribution is -2.41. The van der Waals surface area contributed by atoms with Crippen molar-refractivity contribution >= 4 is 26.7 Å². The van der Waals surface area contributed by atoms with Crippen LogP contribution in [0.1, 0.15) is 36.8 Å². The number of rotatable bonds is 4. The SMILES string of the molecule is Cc1nc(N2CCn3c(cc4ccc(S(C)(=O)=O)cc43)[C@@H]2C(C)C)ncc1CO. The van der Waals surface area contributed by atoms with E-state index in [1.165, 1.54) is 6.26 Å². The highest BCUT2D eigenvalue weighted by atomic mass is 32.2. The fourth-order valence-electron chi connectivity index (χ4n) is 4.19. The lowest BCUT2D eigenvalue weighted by atomic mass is 9.97. The zero-order valence-corrected chi connectivity index (χ0v) is 17.9. The molecule has 8 heteroatoms. The minimum absolute atomic E-state index is 0.0669. The number of anilines is 1. The molecule has 29 heavy (non-hydrogen) atoms. The van der Waals surface area contributed by atoms with Gasteiger partial charge in [0.25, 0.3) is 0 Å². The molecule has 0 radical (unpaired) electrons. The van der Waals surface area contributed by atoms with Crippen molar-refractivity contribution in [2.75, 3.05) is 17.7 Å². The second-order valence-electron chi connectivity index (χ2n) is 8.03. The highest BCUT2D eigenvalue weighted by Gasteiger charge is 2.33. The summed E-state index contributed by atoms with van der Waals surface area (Å²) < 4.78 is 26.2. The third-order valence-corrected chi connectivity index (χ3v) is 6.78. The summed E-state index contributed by atoms with van der Waals surface area (Å²) >= 11 is 0. The Labute approximate surface area is 170 Å². The second-order valence-corrected chi connectivity index (χ2v) is 10.1. The third kappa shape index (κ3) is 3.40. The summed E-state index contributed by atoms with van der Waals surface area (Å²) in [4.78, 5) is 11.7. The van der Waals surface area contributed by atoms with E-state index < -0.39 is 9.84 Å². The predicted molar refractivity (Wildman–Crippen MR) is 113 cm³/mol. The Morgan fingerprint density at radius 1 is 1.24 bits per heavy atom. The normalized spacial score (nSPS) is 17.2. The minimum Gasteiger partial charge on any atom is -0.392 e. The van der Waals surface area contributed by atoms with Crippen LogP contribution in [0.2, 0.25) is 0 Å². The van der Waals surface area contributed by atoms with E-state index in [0.717, 1.165) is 40.9 Å². The molecule has 154 valence electrons. The zero-order chi connectivity index (χ0) is 20.9. The van der Waals surface area contributed by atoms with Crippen molar-refractivity contribution in [3.8, 4) is 0 Å². The van der Waals surface area contributed by atoms with Crippen LogP contribution >= 0.6 is 0 Å². The van der Waals surface area contributed by atoms with Gasteiger partial charge in [0.15, 0.2) is 9.84 Å². The van der Waals surface area contributed by atoms with Crippen LogP contribution in [0, 0.1) is 12.8 Å². The summed E-state index contributed by atoms with van der Waals surface area (Å²) in [7, 11) is -3.26. The molecule has 4 rings (SSSR count). The van der Waals surface area contributed by atoms with Gasteiger partial charge in [0.2, 0.25) is 5.95 Å². The molecule has 3 aromatic rings. The minimum atomic E-state index is -3.26. The lowest BCUT2D eigenvalue weighted by Gasteiger charge is -2.39. The first kappa shape index (κ1) is 19.8. The standard InChI is InChI=1S/C21H26N4O3S/c1-13(2)20-19-9-15-5-6-17(29(4,27)28)10-18(15)24(19)7-8-25(20)21-22-11-16(12-26)14(3)23-21/h5-6,9-11,13,20,26H,7-8,12H2,1-4H3/t20-/m0/s1. The van der Waals surface area contributed by atoms with Gasteiger partial charge in [0.1, 0.15) is 0 Å². The van der Waals surface area contributed by atoms with Crippen LogP contribution in [0.5, 0.6) is 0 Å². The number of aryl methyl sites for hydroxylation is 1. The van der Waals surface area contributed by atoms with E-state index in [4.69, 9.17) is 0 Å². The van der Waals surface area contributed by atoms with Gasteiger partial charge in [-0.25, -0.2) is 18.4 Å². The number of benzene rings is 1. The topological polar surface area (TPSA) is 88.3 Å². The molecule has 1 aliphatic rings. The fourth-order valence-corrected chi connectivity index (χ4v) is 4.83. The molecule has 1 N–H and O–H groups in total. The van der Waals surface area contributed by atoms with Gasteiger partial charge in [-0.15, -0.1) is 0 Å². The quantitative estimate of drug-likeness (QED) is 0.706. The molecular weight excluding hydrogens is 388 g/mol. The summed E-state index contributed by atoms with van der Waals surface area (Å²) in [5.74, 6) is 0.959. The molecule has 0 aliphatic carbocycles. The monoisotopic (exact) mass is 414 g/mol. The maximum Gasteiger partial charge on any atom is 0.226 e. The van der Waals surface area contributed by atoms with Gasteiger partial charge in [-0.3, -0.25) is 0 Å². The van der Waals surface area contributed by atoms with Crippen LogP contribution in [0.15, 0.2) is 35.4 Å². The van der Waals surface area contributed by atoms with E-state index in [1.54, 1.807) is 18.3 Å². The molecule has 0 saturated carbocycles. The van der Waals surface area contributed by atoms with E-state index in [9.17, 15) is 13.5 Å². The second kappa shape index (κ2) is 7.11. The maximum absolute atomic E-state index is 12.0. The maximum atomic E-state index is 12.0. The summed E-state index contributed by atoms with van der Waals surface area (Å²) in [6.07, 6.45) is 2.93. The van der Waals surface area contributed by atoms with E-state index in [2.05, 4.69) is 39.3 Å². The Bertz CT molecular complexity index is 1180. The molecular formula is C21H26N4O3S. The Balaban J connectivity index is 1.83. The molecule has 3 heterocycles. The molecule has 0 amide bonds. The van der Waals surface area contributed by atoms with Crippen LogP contribution in [0.4, 0.5) is 5.95 Å². The number of aliphatic hydroxyl groups excluding tert-OH is 1. The van der Waals surface area contributed by atoms with Crippen LogP contribution in [0.25, 0.3) is 10.9 Å². The number of aliphatic hydroxyl groups is 1. The molecule has 1 aliphatic heterocycles. The van der Waals surface area contributed by atoms with Crippen molar-refractivity contribution in [3.05, 3.63) is 47.4 Å². The molecule has 0 fully saturated rings. The van der Waals surface area contributed by atoms with Gasteiger partial charge in [-0.2, -0.15) is 0 Å². The Morgan fingerprint density at radius 2 is 2.00 bits per heavy atom. The molecule has 1 atom stereocenters. The number of nitrogens with zero attached hydrogens (tertiary/aromatic N) is 4. The highest BCUT2D eigenvalue weighted by molar-refractivity contribution is 7.90. The van der Waals surface area contributed by atoms with Crippen molar-refractivity contribution in [2.24, 2.45) is 5.92 Å². The fraction of sp³-hybridized carbons (Fsp3) is 0.429. The molecule has 0 saturated heterocycles.